The second-order valence-corrected chi connectivity index (χ2v) is 4.56. The van der Waals surface area contributed by atoms with Gasteiger partial charge in [0, 0.05) is 12.5 Å². The zero-order valence-electron chi connectivity index (χ0n) is 10.4. The molecule has 0 aliphatic rings. The van der Waals surface area contributed by atoms with Gasteiger partial charge in [0.15, 0.2) is 0 Å². The Morgan fingerprint density at radius 3 is 2.00 bits per heavy atom. The molecule has 15 heavy (non-hydrogen) atoms. The van der Waals surface area contributed by atoms with Gasteiger partial charge in [0.1, 0.15) is 12.4 Å². The Morgan fingerprint density at radius 1 is 1.13 bits per heavy atom. The molecule has 0 bridgehead atoms. The highest BCUT2D eigenvalue weighted by molar-refractivity contribution is 4.73. The minimum Gasteiger partial charge on any atom is -0.379 e. The van der Waals surface area contributed by atoms with Crippen molar-refractivity contribution in [3.05, 3.63) is 0 Å². The van der Waals surface area contributed by atoms with E-state index in [-0.39, 0.29) is 12.1 Å². The van der Waals surface area contributed by atoms with Gasteiger partial charge in [-0.3, -0.25) is 5.32 Å². The first-order valence-electron chi connectivity index (χ1n) is 5.66. The van der Waals surface area contributed by atoms with Crippen LogP contribution in [0.4, 0.5) is 4.39 Å². The van der Waals surface area contributed by atoms with Gasteiger partial charge in [-0.15, -0.1) is 0 Å². The van der Waals surface area contributed by atoms with Crippen LogP contribution < -0.4 is 10.6 Å². The first-order valence-corrected chi connectivity index (χ1v) is 5.66. The van der Waals surface area contributed by atoms with Gasteiger partial charge in [0.05, 0.1) is 6.17 Å². The third kappa shape index (κ3) is 6.82. The summed E-state index contributed by atoms with van der Waals surface area (Å²) in [6.45, 7) is 9.84. The summed E-state index contributed by atoms with van der Waals surface area (Å²) >= 11 is 0. The molecule has 0 spiro atoms. The van der Waals surface area contributed by atoms with E-state index in [2.05, 4.69) is 10.6 Å². The van der Waals surface area contributed by atoms with Crippen molar-refractivity contribution < 1.29 is 9.50 Å². The summed E-state index contributed by atoms with van der Waals surface area (Å²) in [6.07, 6.45) is -1.37. The van der Waals surface area contributed by atoms with E-state index in [9.17, 15) is 4.39 Å². The number of aliphatic hydroxyl groups excluding tert-OH is 1. The maximum Gasteiger partial charge on any atom is 0.103 e. The summed E-state index contributed by atoms with van der Waals surface area (Å²) in [5.41, 5.74) is 0. The minimum absolute atomic E-state index is 0.00926. The lowest BCUT2D eigenvalue weighted by atomic mass is 9.92. The Bertz CT molecular complexity index is 155. The molecule has 0 unspecified atom stereocenters. The van der Waals surface area contributed by atoms with E-state index in [1.807, 2.05) is 20.8 Å². The van der Waals surface area contributed by atoms with Crippen molar-refractivity contribution in [1.29, 1.82) is 0 Å². The monoisotopic (exact) mass is 220 g/mol. The zero-order chi connectivity index (χ0) is 12.0. The van der Waals surface area contributed by atoms with Gasteiger partial charge in [-0.05, 0) is 26.7 Å². The van der Waals surface area contributed by atoms with Crippen LogP contribution >= 0.6 is 0 Å². The second kappa shape index (κ2) is 7.14. The van der Waals surface area contributed by atoms with Crippen molar-refractivity contribution in [2.45, 2.75) is 53.2 Å². The second-order valence-electron chi connectivity index (χ2n) is 4.56. The van der Waals surface area contributed by atoms with Crippen LogP contribution in [0.5, 0.6) is 0 Å². The Kier molecular flexibility index (Phi) is 7.05. The molecule has 0 fully saturated rings. The average Bonchev–Trinajstić information content (AvgIpc) is 2.00. The quantitative estimate of drug-likeness (QED) is 0.569. The molecule has 0 saturated carbocycles. The Morgan fingerprint density at radius 2 is 1.67 bits per heavy atom. The molecule has 0 rings (SSSR count). The lowest BCUT2D eigenvalue weighted by Crippen LogP contribution is -2.47. The van der Waals surface area contributed by atoms with E-state index in [0.717, 1.165) is 0 Å². The molecule has 0 amide bonds. The Hall–Kier alpha value is -0.190. The molecular formula is C11H25FN2O. The van der Waals surface area contributed by atoms with Gasteiger partial charge in [0.2, 0.25) is 0 Å². The summed E-state index contributed by atoms with van der Waals surface area (Å²) in [7, 11) is 0. The van der Waals surface area contributed by atoms with Crippen molar-refractivity contribution in [1.82, 2.24) is 10.6 Å². The van der Waals surface area contributed by atoms with E-state index in [1.54, 1.807) is 13.8 Å². The highest BCUT2D eigenvalue weighted by Crippen LogP contribution is 2.16. The molecule has 4 heteroatoms. The molecule has 3 N–H and O–H groups in total. The maximum absolute atomic E-state index is 13.2. The number of halogens is 1. The van der Waals surface area contributed by atoms with Crippen molar-refractivity contribution in [3.63, 3.8) is 0 Å². The molecular weight excluding hydrogens is 195 g/mol. The molecule has 0 saturated heterocycles. The maximum atomic E-state index is 13.2. The summed E-state index contributed by atoms with van der Waals surface area (Å²) in [5, 5.41) is 15.1. The number of rotatable bonds is 7. The van der Waals surface area contributed by atoms with Crippen LogP contribution in [0.1, 0.15) is 34.6 Å². The summed E-state index contributed by atoms with van der Waals surface area (Å²) in [5.74, 6) is 0.333. The molecule has 0 radical (unpaired) electrons. The normalized spacial score (nSPS) is 20.0. The molecule has 4 atom stereocenters. The van der Waals surface area contributed by atoms with Gasteiger partial charge in [-0.25, -0.2) is 4.39 Å². The summed E-state index contributed by atoms with van der Waals surface area (Å²) < 4.78 is 13.2. The van der Waals surface area contributed by atoms with Crippen molar-refractivity contribution in [2.24, 2.45) is 11.8 Å². The van der Waals surface area contributed by atoms with Crippen LogP contribution in [0.3, 0.4) is 0 Å². The van der Waals surface area contributed by atoms with Crippen LogP contribution in [0.15, 0.2) is 0 Å². The van der Waals surface area contributed by atoms with E-state index < -0.39 is 12.4 Å². The molecule has 0 aliphatic carbocycles. The minimum atomic E-state index is -0.809. The van der Waals surface area contributed by atoms with Crippen LogP contribution in [0.25, 0.3) is 0 Å². The number of hydrogen-bond donors (Lipinski definition) is 3. The topological polar surface area (TPSA) is 44.3 Å². The number of aliphatic hydroxyl groups is 1. The molecule has 3 nitrogen and oxygen atoms in total. The van der Waals surface area contributed by atoms with Crippen molar-refractivity contribution in [2.75, 3.05) is 6.54 Å². The third-order valence-corrected chi connectivity index (χ3v) is 2.60. The fraction of sp³-hybridized carbons (Fsp3) is 1.00. The fourth-order valence-corrected chi connectivity index (χ4v) is 1.66. The largest absolute Gasteiger partial charge is 0.379 e. The van der Waals surface area contributed by atoms with Gasteiger partial charge in [-0.2, -0.15) is 0 Å². The van der Waals surface area contributed by atoms with Crippen LogP contribution in [0.2, 0.25) is 0 Å². The highest BCUT2D eigenvalue weighted by Gasteiger charge is 2.20. The predicted molar refractivity (Wildman–Crippen MR) is 61.2 cm³/mol. The van der Waals surface area contributed by atoms with Gasteiger partial charge in [-0.1, -0.05) is 13.8 Å². The zero-order valence-corrected chi connectivity index (χ0v) is 10.4. The van der Waals surface area contributed by atoms with Gasteiger partial charge >= 0.3 is 0 Å². The molecule has 0 aliphatic heterocycles. The lowest BCUT2D eigenvalue weighted by molar-refractivity contribution is 0.128. The molecule has 0 aromatic rings. The Labute approximate surface area is 92.4 Å². The first-order chi connectivity index (χ1) is 6.84. The Balaban J connectivity index is 3.89. The summed E-state index contributed by atoms with van der Waals surface area (Å²) in [4.78, 5) is 0. The summed E-state index contributed by atoms with van der Waals surface area (Å²) in [6, 6.07) is 0. The first kappa shape index (κ1) is 14.8. The van der Waals surface area contributed by atoms with Gasteiger partial charge < -0.3 is 10.4 Å². The van der Waals surface area contributed by atoms with Crippen LogP contribution in [-0.4, -0.2) is 30.2 Å². The predicted octanol–water partition coefficient (Wildman–Crippen LogP) is 1.48. The molecule has 0 aromatic carbocycles. The fourth-order valence-electron chi connectivity index (χ4n) is 1.66. The molecule has 0 aromatic heterocycles. The standard InChI is InChI=1S/C11H25FN2O/c1-7(2)11(8(3)12)6-13-9(4)14-10(5)15/h7-11,13-15H,6H2,1-5H3/t8-,9-,10+,11+/m1/s1. The smallest absolute Gasteiger partial charge is 0.103 e. The van der Waals surface area contributed by atoms with Crippen molar-refractivity contribution >= 4 is 0 Å². The average molecular weight is 220 g/mol. The highest BCUT2D eigenvalue weighted by atomic mass is 19.1. The van der Waals surface area contributed by atoms with Gasteiger partial charge in [0.25, 0.3) is 0 Å². The van der Waals surface area contributed by atoms with Crippen molar-refractivity contribution in [3.8, 4) is 0 Å². The molecule has 92 valence electrons. The number of alkyl halides is 1. The third-order valence-electron chi connectivity index (χ3n) is 2.60. The lowest BCUT2D eigenvalue weighted by Gasteiger charge is -2.25. The molecule has 0 heterocycles. The number of nitrogens with one attached hydrogen (secondary N) is 2. The van der Waals surface area contributed by atoms with Crippen LogP contribution in [0, 0.1) is 11.8 Å². The van der Waals surface area contributed by atoms with E-state index in [4.69, 9.17) is 5.11 Å². The number of hydrogen-bond acceptors (Lipinski definition) is 3. The van der Waals surface area contributed by atoms with Crippen LogP contribution in [-0.2, 0) is 0 Å². The SMILES string of the molecule is CC(C)[C@H](CN[C@@H](C)N[C@H](C)O)[C@@H](C)F. The van der Waals surface area contributed by atoms with E-state index in [0.29, 0.717) is 12.5 Å². The van der Waals surface area contributed by atoms with E-state index >= 15 is 0 Å². The van der Waals surface area contributed by atoms with E-state index in [1.165, 1.54) is 0 Å².